The molecule has 0 rings (SSSR count). The van der Waals surface area contributed by atoms with Crippen molar-refractivity contribution in [1.29, 1.82) is 0 Å². The molecule has 0 atom stereocenters. The van der Waals surface area contributed by atoms with Gasteiger partial charge in [-0.25, -0.2) is 0 Å². The molecule has 0 aromatic heterocycles. The van der Waals surface area contributed by atoms with Crippen LogP contribution in [0.4, 0.5) is 0 Å². The molecule has 0 fully saturated rings. The lowest BCUT2D eigenvalue weighted by Gasteiger charge is -2.02. The number of carboxylic acid groups (broad SMARTS) is 1. The fourth-order valence-electron chi connectivity index (χ4n) is 4.18. The van der Waals surface area contributed by atoms with E-state index in [1.54, 1.807) is 0 Å². The Balaban J connectivity index is 4.66. The second-order valence-electron chi connectivity index (χ2n) is 12.8. The van der Waals surface area contributed by atoms with Crippen molar-refractivity contribution in [3.63, 3.8) is 0 Å². The van der Waals surface area contributed by atoms with Crippen LogP contribution in [0.3, 0.4) is 0 Å². The lowest BCUT2D eigenvalue weighted by molar-refractivity contribution is -0.138. The Morgan fingerprint density at radius 3 is 1.21 bits per heavy atom. The number of carbonyl (C=O) groups is 2. The monoisotopic (exact) mass is 650 g/mol. The van der Waals surface area contributed by atoms with Crippen molar-refractivity contribution in [3.05, 3.63) is 154 Å². The largest absolute Gasteiger partial charge is 0.481 e. The van der Waals surface area contributed by atoms with Crippen molar-refractivity contribution < 1.29 is 14.7 Å². The van der Waals surface area contributed by atoms with Crippen LogP contribution in [-0.2, 0) is 9.59 Å². The van der Waals surface area contributed by atoms with Gasteiger partial charge in [0, 0.05) is 12.8 Å². The quantitative estimate of drug-likeness (QED) is 0.0937. The molecule has 0 aliphatic heterocycles. The van der Waals surface area contributed by atoms with E-state index in [0.29, 0.717) is 12.8 Å². The number of carbonyl (C=O) groups excluding carboxylic acids is 1. The van der Waals surface area contributed by atoms with Gasteiger partial charge in [-0.3, -0.25) is 9.59 Å². The maximum absolute atomic E-state index is 11.7. The highest BCUT2D eigenvalue weighted by molar-refractivity contribution is 5.82. The number of carboxylic acids is 1. The minimum atomic E-state index is -0.920. The Morgan fingerprint density at radius 2 is 0.792 bits per heavy atom. The van der Waals surface area contributed by atoms with Crippen molar-refractivity contribution in [1.82, 2.24) is 0 Å². The molecule has 3 heteroatoms. The molecule has 3 nitrogen and oxygen atoms in total. The van der Waals surface area contributed by atoms with E-state index < -0.39 is 5.97 Å². The normalized spacial score (nSPS) is 14.9. The molecule has 48 heavy (non-hydrogen) atoms. The molecule has 0 radical (unpaired) electrons. The van der Waals surface area contributed by atoms with E-state index in [1.165, 1.54) is 44.6 Å². The molecule has 0 heterocycles. The van der Waals surface area contributed by atoms with Gasteiger partial charge in [0.25, 0.3) is 0 Å². The zero-order valence-corrected chi connectivity index (χ0v) is 31.3. The maximum Gasteiger partial charge on any atom is 0.303 e. The molecule has 0 amide bonds. The summed E-state index contributed by atoms with van der Waals surface area (Å²) in [7, 11) is 0. The third-order valence-corrected chi connectivity index (χ3v) is 7.28. The Labute approximate surface area is 293 Å². The van der Waals surface area contributed by atoms with Crippen LogP contribution in [0.15, 0.2) is 154 Å². The summed E-state index contributed by atoms with van der Waals surface area (Å²) in [5.41, 5.74) is 10.0. The molecule has 0 spiro atoms. The number of allylic oxidation sites excluding steroid dienone is 26. The van der Waals surface area contributed by atoms with E-state index in [0.717, 1.165) is 25.7 Å². The van der Waals surface area contributed by atoms with Gasteiger partial charge in [0.15, 0.2) is 0 Å². The summed E-state index contributed by atoms with van der Waals surface area (Å²) < 4.78 is 0. The van der Waals surface area contributed by atoms with Crippen LogP contribution in [0, 0.1) is 0 Å². The minimum absolute atomic E-state index is 0.0165. The van der Waals surface area contributed by atoms with E-state index in [4.69, 9.17) is 5.11 Å². The molecule has 0 aliphatic carbocycles. The summed E-state index contributed by atoms with van der Waals surface area (Å²) in [5, 5.41) is 8.68. The summed E-state index contributed by atoms with van der Waals surface area (Å²) in [4.78, 5) is 22.3. The van der Waals surface area contributed by atoms with Gasteiger partial charge in [0.05, 0.1) is 6.42 Å². The van der Waals surface area contributed by atoms with Gasteiger partial charge in [-0.15, -0.1) is 0 Å². The predicted molar refractivity (Wildman–Crippen MR) is 211 cm³/mol. The topological polar surface area (TPSA) is 54.4 Å². The summed E-state index contributed by atoms with van der Waals surface area (Å²) in [6.45, 7) is 19.0. The Bertz CT molecular complexity index is 1410. The van der Waals surface area contributed by atoms with E-state index in [1.807, 2.05) is 6.92 Å². The predicted octanol–water partition coefficient (Wildman–Crippen LogP) is 13.1. The fraction of sp³-hybridized carbons (Fsp3) is 0.378. The van der Waals surface area contributed by atoms with Crippen LogP contribution < -0.4 is 0 Å². The molecule has 260 valence electrons. The first kappa shape index (κ1) is 43.8. The second kappa shape index (κ2) is 27.8. The highest BCUT2D eigenvalue weighted by Crippen LogP contribution is 2.12. The van der Waals surface area contributed by atoms with Gasteiger partial charge >= 0.3 is 5.97 Å². The van der Waals surface area contributed by atoms with Crippen molar-refractivity contribution in [2.24, 2.45) is 0 Å². The Morgan fingerprint density at radius 1 is 0.417 bits per heavy atom. The SMILES string of the molecule is CC(C)=CCC/C(C)=C/C=C/C(C)=C/C=C/C(C)=C/C=C/C=C(C)/C=C/C=C(C)/C=C/C=C(\C)CC/C=C(\C)CCC(=O)CCC(=O)O. The molecule has 0 aromatic carbocycles. The van der Waals surface area contributed by atoms with Crippen LogP contribution in [-0.4, -0.2) is 16.9 Å². The van der Waals surface area contributed by atoms with E-state index in [-0.39, 0.29) is 18.6 Å². The van der Waals surface area contributed by atoms with Crippen molar-refractivity contribution in [2.45, 2.75) is 114 Å². The number of Topliss-reactive ketones (excluding diaryl/α,β-unsaturated/α-hetero) is 1. The first-order valence-electron chi connectivity index (χ1n) is 17.2. The van der Waals surface area contributed by atoms with Gasteiger partial charge in [0.2, 0.25) is 0 Å². The van der Waals surface area contributed by atoms with Crippen LogP contribution in [0.25, 0.3) is 0 Å². The van der Waals surface area contributed by atoms with Crippen molar-refractivity contribution >= 4 is 11.8 Å². The van der Waals surface area contributed by atoms with Gasteiger partial charge in [-0.2, -0.15) is 0 Å². The van der Waals surface area contributed by atoms with Crippen LogP contribution in [0.5, 0.6) is 0 Å². The van der Waals surface area contributed by atoms with Gasteiger partial charge in [0.1, 0.15) is 5.78 Å². The first-order valence-corrected chi connectivity index (χ1v) is 17.2. The smallest absolute Gasteiger partial charge is 0.303 e. The average molecular weight is 651 g/mol. The highest BCUT2D eigenvalue weighted by atomic mass is 16.4. The fourth-order valence-corrected chi connectivity index (χ4v) is 4.18. The number of hydrogen-bond acceptors (Lipinski definition) is 2. The summed E-state index contributed by atoms with van der Waals surface area (Å²) in [6.07, 6.45) is 43.5. The molecular formula is C45H62O3. The molecule has 0 aromatic rings. The van der Waals surface area contributed by atoms with Crippen LogP contribution >= 0.6 is 0 Å². The summed E-state index contributed by atoms with van der Waals surface area (Å²) in [5.74, 6) is -0.903. The minimum Gasteiger partial charge on any atom is -0.481 e. The zero-order chi connectivity index (χ0) is 36.2. The number of ketones is 1. The van der Waals surface area contributed by atoms with E-state index >= 15 is 0 Å². The maximum atomic E-state index is 11.7. The van der Waals surface area contributed by atoms with E-state index in [9.17, 15) is 9.59 Å². The molecule has 0 saturated carbocycles. The van der Waals surface area contributed by atoms with Crippen LogP contribution in [0.1, 0.15) is 114 Å². The molecular weight excluding hydrogens is 588 g/mol. The molecule has 0 unspecified atom stereocenters. The molecule has 0 saturated heterocycles. The molecule has 0 aliphatic rings. The van der Waals surface area contributed by atoms with Gasteiger partial charge in [-0.1, -0.05) is 154 Å². The third kappa shape index (κ3) is 29.2. The zero-order valence-electron chi connectivity index (χ0n) is 31.3. The van der Waals surface area contributed by atoms with Crippen molar-refractivity contribution in [2.75, 3.05) is 0 Å². The van der Waals surface area contributed by atoms with Gasteiger partial charge < -0.3 is 5.11 Å². The first-order chi connectivity index (χ1) is 22.8. The number of rotatable bonds is 22. The second-order valence-corrected chi connectivity index (χ2v) is 12.8. The highest BCUT2D eigenvalue weighted by Gasteiger charge is 2.05. The molecule has 1 N–H and O–H groups in total. The lowest BCUT2D eigenvalue weighted by atomic mass is 10.0. The van der Waals surface area contributed by atoms with E-state index in [2.05, 4.69) is 165 Å². The third-order valence-electron chi connectivity index (χ3n) is 7.28. The lowest BCUT2D eigenvalue weighted by Crippen LogP contribution is -2.03. The number of hydrogen-bond donors (Lipinski definition) is 1. The standard InChI is InChI=1S/C45H62O3/c1-36(2)18-12-21-39(5)24-15-27-40(6)25-13-22-37(3)19-10-11-20-38(4)23-14-26-41(7)28-16-29-42(8)30-17-31-43(9)32-33-44(46)34-35-45(47)48/h10-11,13-16,18-20,22-29,31H,12,17,21,30,32-35H2,1-9H3,(H,47,48)/b11-10+,22-13+,23-14+,27-15+,28-16+,37-19+,38-20+,39-24+,40-25+,41-26+,42-29+,43-31+. The number of aliphatic carboxylic acids is 1. The Hall–Kier alpha value is -4.24. The summed E-state index contributed by atoms with van der Waals surface area (Å²) in [6, 6.07) is 0. The molecule has 0 bridgehead atoms. The van der Waals surface area contributed by atoms with Crippen LogP contribution in [0.2, 0.25) is 0 Å². The van der Waals surface area contributed by atoms with Crippen molar-refractivity contribution in [3.8, 4) is 0 Å². The van der Waals surface area contributed by atoms with Gasteiger partial charge in [-0.05, 0) is 94.4 Å². The Kier molecular flexibility index (Phi) is 25.4. The average Bonchev–Trinajstić information content (AvgIpc) is 3.01. The summed E-state index contributed by atoms with van der Waals surface area (Å²) >= 11 is 0.